The van der Waals surface area contributed by atoms with Crippen molar-refractivity contribution in [2.75, 3.05) is 13.7 Å². The monoisotopic (exact) mass is 289 g/mol. The molecule has 0 aliphatic rings. The quantitative estimate of drug-likeness (QED) is 0.849. The maximum atomic E-state index is 5.96. The molecule has 2 rings (SSSR count). The number of rotatable bonds is 6. The lowest BCUT2D eigenvalue weighted by Gasteiger charge is -2.20. The number of hydrogen-bond donors (Lipinski definition) is 1. The molecule has 0 fully saturated rings. The lowest BCUT2D eigenvalue weighted by molar-refractivity contribution is 0.312. The van der Waals surface area contributed by atoms with Gasteiger partial charge in [-0.05, 0) is 37.2 Å². The number of para-hydroxylation sites is 1. The summed E-state index contributed by atoms with van der Waals surface area (Å²) in [6.07, 6.45) is 1.000. The maximum absolute atomic E-state index is 5.96. The molecule has 0 saturated carbocycles. The summed E-state index contributed by atoms with van der Waals surface area (Å²) in [5.41, 5.74) is 2.32. The van der Waals surface area contributed by atoms with E-state index < -0.39 is 0 Å². The van der Waals surface area contributed by atoms with Crippen LogP contribution in [0.3, 0.4) is 0 Å². The van der Waals surface area contributed by atoms with Crippen LogP contribution in [0.1, 0.15) is 30.5 Å². The summed E-state index contributed by atoms with van der Waals surface area (Å²) in [4.78, 5) is 0. The third-order valence-electron chi connectivity index (χ3n) is 3.18. The third-order valence-corrected chi connectivity index (χ3v) is 3.44. The van der Waals surface area contributed by atoms with Crippen molar-refractivity contribution in [3.63, 3.8) is 0 Å². The fourth-order valence-electron chi connectivity index (χ4n) is 2.22. The molecule has 2 aromatic rings. The highest BCUT2D eigenvalue weighted by Gasteiger charge is 2.16. The maximum Gasteiger partial charge on any atom is 0.124 e. The van der Waals surface area contributed by atoms with Gasteiger partial charge in [-0.2, -0.15) is 0 Å². The van der Waals surface area contributed by atoms with Gasteiger partial charge in [0.2, 0.25) is 0 Å². The van der Waals surface area contributed by atoms with Crippen LogP contribution >= 0.6 is 11.6 Å². The van der Waals surface area contributed by atoms with E-state index in [1.165, 1.54) is 5.56 Å². The van der Waals surface area contributed by atoms with Gasteiger partial charge in [-0.3, -0.25) is 0 Å². The van der Waals surface area contributed by atoms with E-state index in [2.05, 4.69) is 18.3 Å². The lowest BCUT2D eigenvalue weighted by Crippen LogP contribution is -2.18. The van der Waals surface area contributed by atoms with Gasteiger partial charge in [0.1, 0.15) is 5.75 Å². The molecule has 2 nitrogen and oxygen atoms in total. The van der Waals surface area contributed by atoms with Gasteiger partial charge in [0.15, 0.2) is 0 Å². The van der Waals surface area contributed by atoms with Crippen LogP contribution in [0.25, 0.3) is 0 Å². The van der Waals surface area contributed by atoms with Crippen molar-refractivity contribution < 1.29 is 4.74 Å². The van der Waals surface area contributed by atoms with Crippen molar-refractivity contribution in [2.24, 2.45) is 0 Å². The van der Waals surface area contributed by atoms with Gasteiger partial charge < -0.3 is 10.1 Å². The molecule has 0 bridgehead atoms. The standard InChI is InChI=1S/C17H20ClNO/c1-3-12-20-16-7-5-4-6-15(16)17(19-2)13-8-10-14(18)11-9-13/h4-11,17,19H,3,12H2,1-2H3. The van der Waals surface area contributed by atoms with Crippen LogP contribution in [-0.4, -0.2) is 13.7 Å². The van der Waals surface area contributed by atoms with Crippen molar-refractivity contribution in [1.82, 2.24) is 5.32 Å². The van der Waals surface area contributed by atoms with Gasteiger partial charge in [-0.15, -0.1) is 0 Å². The highest BCUT2D eigenvalue weighted by molar-refractivity contribution is 6.30. The molecule has 2 aromatic carbocycles. The Bertz CT molecular complexity index is 539. The summed E-state index contributed by atoms with van der Waals surface area (Å²) in [7, 11) is 1.95. The van der Waals surface area contributed by atoms with Crippen molar-refractivity contribution in [3.05, 3.63) is 64.7 Å². The molecular formula is C17H20ClNO. The molecule has 20 heavy (non-hydrogen) atoms. The van der Waals surface area contributed by atoms with Crippen molar-refractivity contribution >= 4 is 11.6 Å². The molecule has 0 aliphatic heterocycles. The van der Waals surface area contributed by atoms with Crippen molar-refractivity contribution in [1.29, 1.82) is 0 Å². The molecule has 3 heteroatoms. The first-order valence-corrected chi connectivity index (χ1v) is 7.28. The molecule has 0 aliphatic carbocycles. The van der Waals surface area contributed by atoms with Gasteiger partial charge in [0.05, 0.1) is 12.6 Å². The van der Waals surface area contributed by atoms with Gasteiger partial charge in [0.25, 0.3) is 0 Å². The van der Waals surface area contributed by atoms with Crippen LogP contribution < -0.4 is 10.1 Å². The Morgan fingerprint density at radius 1 is 1.10 bits per heavy atom. The largest absolute Gasteiger partial charge is 0.493 e. The summed E-state index contributed by atoms with van der Waals surface area (Å²) < 4.78 is 5.85. The zero-order valence-electron chi connectivity index (χ0n) is 11.9. The van der Waals surface area contributed by atoms with Gasteiger partial charge in [0, 0.05) is 10.6 Å². The molecule has 0 saturated heterocycles. The first-order chi connectivity index (χ1) is 9.76. The minimum Gasteiger partial charge on any atom is -0.493 e. The van der Waals surface area contributed by atoms with E-state index in [1.54, 1.807) is 0 Å². The molecule has 0 spiro atoms. The molecular weight excluding hydrogens is 270 g/mol. The third kappa shape index (κ3) is 3.53. The van der Waals surface area contributed by atoms with E-state index in [4.69, 9.17) is 16.3 Å². The SMILES string of the molecule is CCCOc1ccccc1C(NC)c1ccc(Cl)cc1. The van der Waals surface area contributed by atoms with Crippen LogP contribution in [-0.2, 0) is 0 Å². The number of hydrogen-bond acceptors (Lipinski definition) is 2. The molecule has 0 radical (unpaired) electrons. The van der Waals surface area contributed by atoms with Crippen molar-refractivity contribution in [3.8, 4) is 5.75 Å². The zero-order chi connectivity index (χ0) is 14.4. The minimum absolute atomic E-state index is 0.0975. The highest BCUT2D eigenvalue weighted by atomic mass is 35.5. The van der Waals surface area contributed by atoms with Crippen LogP contribution in [0, 0.1) is 0 Å². The Balaban J connectivity index is 2.33. The minimum atomic E-state index is 0.0975. The Morgan fingerprint density at radius 2 is 1.80 bits per heavy atom. The predicted octanol–water partition coefficient (Wildman–Crippen LogP) is 4.44. The second-order valence-corrected chi connectivity index (χ2v) is 5.10. The average molecular weight is 290 g/mol. The molecule has 0 heterocycles. The first kappa shape index (κ1) is 14.9. The number of halogens is 1. The Morgan fingerprint density at radius 3 is 2.45 bits per heavy atom. The van der Waals surface area contributed by atoms with Crippen molar-refractivity contribution in [2.45, 2.75) is 19.4 Å². The zero-order valence-corrected chi connectivity index (χ0v) is 12.7. The summed E-state index contributed by atoms with van der Waals surface area (Å²) >= 11 is 5.96. The van der Waals surface area contributed by atoms with E-state index in [-0.39, 0.29) is 6.04 Å². The van der Waals surface area contributed by atoms with Crippen LogP contribution in [0.2, 0.25) is 5.02 Å². The van der Waals surface area contributed by atoms with Crippen LogP contribution in [0.15, 0.2) is 48.5 Å². The van der Waals surface area contributed by atoms with Crippen LogP contribution in [0.5, 0.6) is 5.75 Å². The van der Waals surface area contributed by atoms with Gasteiger partial charge in [-0.25, -0.2) is 0 Å². The topological polar surface area (TPSA) is 21.3 Å². The molecule has 106 valence electrons. The summed E-state index contributed by atoms with van der Waals surface area (Å²) in [5, 5.41) is 4.10. The number of benzene rings is 2. The molecule has 1 unspecified atom stereocenters. The summed E-state index contributed by atoms with van der Waals surface area (Å²) in [6.45, 7) is 2.84. The van der Waals surface area contributed by atoms with E-state index in [9.17, 15) is 0 Å². The van der Waals surface area contributed by atoms with Crippen LogP contribution in [0.4, 0.5) is 0 Å². The molecule has 0 amide bonds. The average Bonchev–Trinajstić information content (AvgIpc) is 2.49. The van der Waals surface area contributed by atoms with E-state index in [1.807, 2.05) is 49.5 Å². The molecule has 0 aromatic heterocycles. The Kier molecular flexibility index (Phi) is 5.45. The van der Waals surface area contributed by atoms with Gasteiger partial charge in [-0.1, -0.05) is 48.9 Å². The normalized spacial score (nSPS) is 12.2. The second-order valence-electron chi connectivity index (χ2n) is 4.66. The fourth-order valence-corrected chi connectivity index (χ4v) is 2.35. The Labute approximate surface area is 125 Å². The molecule has 1 N–H and O–H groups in total. The smallest absolute Gasteiger partial charge is 0.124 e. The van der Waals surface area contributed by atoms with Gasteiger partial charge >= 0.3 is 0 Å². The molecule has 1 atom stereocenters. The Hall–Kier alpha value is -1.51. The van der Waals surface area contributed by atoms with E-state index >= 15 is 0 Å². The summed E-state index contributed by atoms with van der Waals surface area (Å²) in [6, 6.07) is 16.2. The van der Waals surface area contributed by atoms with E-state index in [0.29, 0.717) is 0 Å². The lowest BCUT2D eigenvalue weighted by atomic mass is 9.98. The van der Waals surface area contributed by atoms with E-state index in [0.717, 1.165) is 29.4 Å². The number of ether oxygens (including phenoxy) is 1. The predicted molar refractivity (Wildman–Crippen MR) is 84.6 cm³/mol. The first-order valence-electron chi connectivity index (χ1n) is 6.90. The fraction of sp³-hybridized carbons (Fsp3) is 0.294. The number of nitrogens with one attached hydrogen (secondary N) is 1. The highest BCUT2D eigenvalue weighted by Crippen LogP contribution is 2.30. The summed E-state index contributed by atoms with van der Waals surface area (Å²) in [5.74, 6) is 0.934. The second kappa shape index (κ2) is 7.32.